The normalized spacial score (nSPS) is 10.3. The predicted molar refractivity (Wildman–Crippen MR) is 81.7 cm³/mol. The lowest BCUT2D eigenvalue weighted by Crippen LogP contribution is -2.32. The summed E-state index contributed by atoms with van der Waals surface area (Å²) < 4.78 is 62.3. The first-order chi connectivity index (χ1) is 11.4. The van der Waals surface area contributed by atoms with E-state index in [0.717, 1.165) is 0 Å². The van der Waals surface area contributed by atoms with Gasteiger partial charge in [-0.3, -0.25) is 0 Å². The summed E-state index contributed by atoms with van der Waals surface area (Å²) >= 11 is 0. The van der Waals surface area contributed by atoms with Crippen LogP contribution in [0.3, 0.4) is 0 Å². The molecule has 1 nitrogen and oxygen atoms in total. The van der Waals surface area contributed by atoms with E-state index in [0.29, 0.717) is 0 Å². The zero-order chi connectivity index (χ0) is 18.1. The van der Waals surface area contributed by atoms with Crippen LogP contribution in [0.4, 0.5) is 22.0 Å². The lowest BCUT2D eigenvalue weighted by molar-refractivity contribution is -0.697. The van der Waals surface area contributed by atoms with Crippen molar-refractivity contribution < 1.29 is 26.5 Å². The molecule has 1 heterocycles. The van der Waals surface area contributed by atoms with Crippen molar-refractivity contribution in [2.75, 3.05) is 0 Å². The summed E-state index contributed by atoms with van der Waals surface area (Å²) in [5.41, 5.74) is 1.34. The van der Waals surface area contributed by atoms with Gasteiger partial charge in [0, 0.05) is 24.6 Å². The molecule has 2 rings (SSSR count). The number of pyridine rings is 1. The summed E-state index contributed by atoms with van der Waals surface area (Å²) in [7, 11) is 0. The molecule has 132 valence electrons. The van der Waals surface area contributed by atoms with Crippen LogP contribution in [0.5, 0.6) is 0 Å². The molecule has 0 amide bonds. The van der Waals surface area contributed by atoms with E-state index < -0.39 is 29.1 Å². The molecule has 0 N–H and O–H groups in total. The monoisotopic (exact) mass is 346 g/mol. The van der Waals surface area contributed by atoms with Crippen LogP contribution in [0.1, 0.15) is 38.2 Å². The highest BCUT2D eigenvalue weighted by molar-refractivity contribution is 5.12. The summed E-state index contributed by atoms with van der Waals surface area (Å²) in [6.45, 7) is 5.54. The minimum atomic E-state index is -2.14. The fourth-order valence-electron chi connectivity index (χ4n) is 1.95. The third kappa shape index (κ3) is 6.26. The van der Waals surface area contributed by atoms with E-state index in [2.05, 4.69) is 42.9 Å². The molecule has 0 radical (unpaired) electrons. The van der Waals surface area contributed by atoms with E-state index in [9.17, 15) is 22.0 Å². The summed E-state index contributed by atoms with van der Waals surface area (Å²) in [5, 5.41) is 0. The van der Waals surface area contributed by atoms with Gasteiger partial charge in [0.15, 0.2) is 35.7 Å². The molecule has 0 saturated carbocycles. The fraction of sp³-hybridized carbons (Fsp3) is 0.389. The third-order valence-electron chi connectivity index (χ3n) is 3.39. The molecule has 0 bridgehead atoms. The first kappa shape index (κ1) is 20.1. The number of aromatic nitrogens is 1. The minimum Gasteiger partial charge on any atom is -0.205 e. The van der Waals surface area contributed by atoms with Gasteiger partial charge in [-0.2, -0.15) is 0 Å². The first-order valence-electron chi connectivity index (χ1n) is 7.81. The van der Waals surface area contributed by atoms with Crippen molar-refractivity contribution in [2.24, 2.45) is 0 Å². The number of hydrogen-bond acceptors (Lipinski definition) is 0. The predicted octanol–water partition coefficient (Wildman–Crippen LogP) is 5.24. The van der Waals surface area contributed by atoms with Gasteiger partial charge in [0.2, 0.25) is 5.82 Å². The zero-order valence-corrected chi connectivity index (χ0v) is 13.8. The highest BCUT2D eigenvalue weighted by atomic mass is 19.2. The smallest absolute Gasteiger partial charge is 0.200 e. The number of nitrogens with zero attached hydrogens (tertiary/aromatic N) is 1. The second-order valence-electron chi connectivity index (χ2n) is 5.46. The quantitative estimate of drug-likeness (QED) is 0.229. The number of aryl methyl sites for hydroxylation is 2. The molecule has 0 unspecified atom stereocenters. The van der Waals surface area contributed by atoms with E-state index in [1.165, 1.54) is 37.8 Å². The van der Waals surface area contributed by atoms with Crippen molar-refractivity contribution >= 4 is 0 Å². The van der Waals surface area contributed by atoms with E-state index in [1.807, 2.05) is 0 Å². The fourth-order valence-corrected chi connectivity index (χ4v) is 1.95. The maximum absolute atomic E-state index is 12.0. The average Bonchev–Trinajstić information content (AvgIpc) is 2.57. The van der Waals surface area contributed by atoms with Crippen LogP contribution in [0.2, 0.25) is 0 Å². The Bertz CT molecular complexity index is 615. The van der Waals surface area contributed by atoms with Gasteiger partial charge in [-0.25, -0.2) is 26.5 Å². The van der Waals surface area contributed by atoms with E-state index in [1.54, 1.807) is 0 Å². The van der Waals surface area contributed by atoms with Crippen molar-refractivity contribution in [3.63, 3.8) is 0 Å². The van der Waals surface area contributed by atoms with Crippen LogP contribution in [-0.2, 0) is 6.54 Å². The highest BCUT2D eigenvalue weighted by Crippen LogP contribution is 2.16. The van der Waals surface area contributed by atoms with Crippen LogP contribution >= 0.6 is 0 Å². The summed E-state index contributed by atoms with van der Waals surface area (Å²) in [6.07, 6.45) is 9.69. The van der Waals surface area contributed by atoms with E-state index >= 15 is 0 Å². The Hall–Kier alpha value is -1.98. The average molecular weight is 346 g/mol. The summed E-state index contributed by atoms with van der Waals surface area (Å²) in [4.78, 5) is 0. The topological polar surface area (TPSA) is 3.88 Å². The Morgan fingerprint density at radius 3 is 1.83 bits per heavy atom. The second-order valence-corrected chi connectivity index (χ2v) is 5.46. The molecule has 0 aliphatic carbocycles. The summed E-state index contributed by atoms with van der Waals surface area (Å²) in [5.74, 6) is -9.65. The van der Waals surface area contributed by atoms with Gasteiger partial charge in [0.25, 0.3) is 0 Å². The maximum atomic E-state index is 12.0. The molecule has 24 heavy (non-hydrogen) atoms. The molecule has 0 fully saturated rings. The molecule has 1 aromatic heterocycles. The number of unbranched alkanes of at least 4 members (excludes halogenated alkanes) is 3. The van der Waals surface area contributed by atoms with E-state index in [4.69, 9.17) is 0 Å². The molecule has 0 aliphatic rings. The third-order valence-corrected chi connectivity index (χ3v) is 3.39. The van der Waals surface area contributed by atoms with Crippen LogP contribution in [0.15, 0.2) is 30.6 Å². The Morgan fingerprint density at radius 2 is 1.33 bits per heavy atom. The standard InChI is InChI=1S/C12H20N.C6HF5/c1-3-4-5-6-9-13-10-7-12(2)8-11-13;7-2-1-3(8)5(10)6(11)4(2)9/h7-8,10-11H,3-6,9H2,1-2H3;1H/q+1;. The van der Waals surface area contributed by atoms with Crippen LogP contribution in [-0.4, -0.2) is 0 Å². The summed E-state index contributed by atoms with van der Waals surface area (Å²) in [6, 6.07) is 4.27. The van der Waals surface area contributed by atoms with Crippen molar-refractivity contribution in [3.8, 4) is 0 Å². The molecule has 1 aromatic carbocycles. The minimum absolute atomic E-state index is 0.0618. The first-order valence-corrected chi connectivity index (χ1v) is 7.81. The maximum Gasteiger partial charge on any atom is 0.200 e. The van der Waals surface area contributed by atoms with Crippen LogP contribution < -0.4 is 4.57 Å². The highest BCUT2D eigenvalue weighted by Gasteiger charge is 2.18. The van der Waals surface area contributed by atoms with Gasteiger partial charge in [-0.15, -0.1) is 0 Å². The molecule has 0 saturated heterocycles. The van der Waals surface area contributed by atoms with Gasteiger partial charge in [-0.1, -0.05) is 19.8 Å². The molecule has 0 aliphatic heterocycles. The van der Waals surface area contributed by atoms with Crippen molar-refractivity contribution in [3.05, 3.63) is 65.2 Å². The van der Waals surface area contributed by atoms with Gasteiger partial charge in [-0.05, 0) is 18.9 Å². The van der Waals surface area contributed by atoms with Gasteiger partial charge < -0.3 is 0 Å². The Kier molecular flexibility index (Phi) is 8.36. The number of halogens is 5. The van der Waals surface area contributed by atoms with Crippen molar-refractivity contribution in [1.29, 1.82) is 0 Å². The second kappa shape index (κ2) is 10.0. The van der Waals surface area contributed by atoms with Gasteiger partial charge in [0.05, 0.1) is 0 Å². The number of hydrogen-bond donors (Lipinski definition) is 0. The molecule has 0 atom stereocenters. The van der Waals surface area contributed by atoms with Crippen LogP contribution in [0, 0.1) is 36.0 Å². The molecule has 2 aromatic rings. The van der Waals surface area contributed by atoms with Gasteiger partial charge in [0.1, 0.15) is 6.54 Å². The number of benzene rings is 1. The van der Waals surface area contributed by atoms with Gasteiger partial charge >= 0.3 is 0 Å². The zero-order valence-electron chi connectivity index (χ0n) is 13.8. The lowest BCUT2D eigenvalue weighted by Gasteiger charge is -1.97. The molecule has 0 spiro atoms. The molecular formula is C18H21F5N+. The largest absolute Gasteiger partial charge is 0.205 e. The van der Waals surface area contributed by atoms with Crippen molar-refractivity contribution in [2.45, 2.75) is 46.1 Å². The SMILES string of the molecule is CCCCCC[n+]1ccc(C)cc1.Fc1cc(F)c(F)c(F)c1F. The van der Waals surface area contributed by atoms with E-state index in [-0.39, 0.29) is 6.07 Å². The Balaban J connectivity index is 0.000000243. The molecular weight excluding hydrogens is 325 g/mol. The number of rotatable bonds is 5. The van der Waals surface area contributed by atoms with Crippen molar-refractivity contribution in [1.82, 2.24) is 0 Å². The molecule has 6 heteroatoms. The lowest BCUT2D eigenvalue weighted by atomic mass is 10.2. The van der Waals surface area contributed by atoms with Crippen LogP contribution in [0.25, 0.3) is 0 Å². The Morgan fingerprint density at radius 1 is 0.792 bits per heavy atom. The Labute approximate surface area is 138 Å².